The first-order valence-corrected chi connectivity index (χ1v) is 6.70. The molecule has 0 spiro atoms. The fraction of sp³-hybridized carbons (Fsp3) is 0.692. The Balaban J connectivity index is 2.03. The molecule has 0 aliphatic carbocycles. The van der Waals surface area contributed by atoms with Gasteiger partial charge in [-0.25, -0.2) is 4.68 Å². The van der Waals surface area contributed by atoms with E-state index in [1.54, 1.807) is 6.20 Å². The Kier molecular flexibility index (Phi) is 4.01. The highest BCUT2D eigenvalue weighted by molar-refractivity contribution is 5.94. The van der Waals surface area contributed by atoms with Crippen LogP contribution in [0.15, 0.2) is 6.20 Å². The van der Waals surface area contributed by atoms with Crippen molar-refractivity contribution >= 4 is 11.7 Å². The van der Waals surface area contributed by atoms with Gasteiger partial charge in [-0.05, 0) is 46.7 Å². The molecule has 0 radical (unpaired) electrons. The van der Waals surface area contributed by atoms with Crippen molar-refractivity contribution in [2.24, 2.45) is 0 Å². The van der Waals surface area contributed by atoms with Crippen LogP contribution in [0.1, 0.15) is 32.3 Å². The maximum absolute atomic E-state index is 12.2. The van der Waals surface area contributed by atoms with Crippen molar-refractivity contribution in [3.8, 4) is 0 Å². The molecule has 2 heterocycles. The topological polar surface area (TPSA) is 50.2 Å². The number of carbonyl (C=O) groups is 1. The van der Waals surface area contributed by atoms with E-state index in [-0.39, 0.29) is 11.9 Å². The summed E-state index contributed by atoms with van der Waals surface area (Å²) in [7, 11) is 0. The number of hydrogen-bond donors (Lipinski definition) is 1. The number of carbonyl (C=O) groups excluding carboxylic acids is 1. The van der Waals surface area contributed by atoms with Crippen molar-refractivity contribution < 1.29 is 4.79 Å². The Hall–Kier alpha value is -1.36. The lowest BCUT2D eigenvalue weighted by Gasteiger charge is -2.23. The van der Waals surface area contributed by atoms with Gasteiger partial charge in [-0.2, -0.15) is 5.10 Å². The van der Waals surface area contributed by atoms with Crippen molar-refractivity contribution in [3.63, 3.8) is 0 Å². The van der Waals surface area contributed by atoms with Gasteiger partial charge < -0.3 is 5.32 Å². The molecule has 1 saturated heterocycles. The Labute approximate surface area is 108 Å². The first kappa shape index (κ1) is 13.1. The average molecular weight is 250 g/mol. The molecule has 1 N–H and O–H groups in total. The minimum absolute atomic E-state index is 0.0629. The molecule has 18 heavy (non-hydrogen) atoms. The quantitative estimate of drug-likeness (QED) is 0.883. The molecule has 0 unspecified atom stereocenters. The molecule has 1 aliphatic heterocycles. The summed E-state index contributed by atoms with van der Waals surface area (Å²) >= 11 is 0. The van der Waals surface area contributed by atoms with Gasteiger partial charge in [-0.1, -0.05) is 0 Å². The zero-order chi connectivity index (χ0) is 13.1. The first-order valence-electron chi connectivity index (χ1n) is 6.70. The smallest absolute Gasteiger partial charge is 0.242 e. The van der Waals surface area contributed by atoms with Gasteiger partial charge in [-0.15, -0.1) is 0 Å². The van der Waals surface area contributed by atoms with Crippen LogP contribution in [-0.4, -0.2) is 39.7 Å². The van der Waals surface area contributed by atoms with E-state index < -0.39 is 0 Å². The van der Waals surface area contributed by atoms with Gasteiger partial charge in [0, 0.05) is 12.1 Å². The number of rotatable bonds is 4. The molecule has 0 saturated carbocycles. The summed E-state index contributed by atoms with van der Waals surface area (Å²) in [5, 5.41) is 7.24. The van der Waals surface area contributed by atoms with Crippen LogP contribution in [0.25, 0.3) is 0 Å². The van der Waals surface area contributed by atoms with Crippen molar-refractivity contribution in [1.29, 1.82) is 0 Å². The molecule has 1 fully saturated rings. The fourth-order valence-electron chi connectivity index (χ4n) is 2.40. The van der Waals surface area contributed by atoms with Crippen LogP contribution >= 0.6 is 0 Å². The molecule has 1 aromatic rings. The summed E-state index contributed by atoms with van der Waals surface area (Å²) in [5.74, 6) is 0.892. The summed E-state index contributed by atoms with van der Waals surface area (Å²) in [6, 6.07) is -0.0629. The number of aromatic nitrogens is 2. The largest absolute Gasteiger partial charge is 0.309 e. The van der Waals surface area contributed by atoms with E-state index in [0.29, 0.717) is 0 Å². The highest BCUT2D eigenvalue weighted by Gasteiger charge is 2.24. The molecule has 1 aromatic heterocycles. The molecule has 1 atom stereocenters. The third kappa shape index (κ3) is 2.56. The summed E-state index contributed by atoms with van der Waals surface area (Å²) in [5.41, 5.74) is 1.01. The van der Waals surface area contributed by atoms with Gasteiger partial charge in [0.15, 0.2) is 0 Å². The van der Waals surface area contributed by atoms with Crippen molar-refractivity contribution in [3.05, 3.63) is 11.8 Å². The van der Waals surface area contributed by atoms with Gasteiger partial charge in [0.05, 0.1) is 12.2 Å². The number of amides is 1. The lowest BCUT2D eigenvalue weighted by Crippen LogP contribution is -2.40. The molecule has 5 nitrogen and oxygen atoms in total. The van der Waals surface area contributed by atoms with Crippen molar-refractivity contribution in [1.82, 2.24) is 14.7 Å². The predicted molar refractivity (Wildman–Crippen MR) is 71.5 cm³/mol. The van der Waals surface area contributed by atoms with E-state index in [0.717, 1.165) is 31.0 Å². The zero-order valence-electron chi connectivity index (χ0n) is 11.4. The summed E-state index contributed by atoms with van der Waals surface area (Å²) in [6.45, 7) is 8.78. The maximum Gasteiger partial charge on any atom is 0.242 e. The van der Waals surface area contributed by atoms with E-state index in [1.807, 2.05) is 25.5 Å². The highest BCUT2D eigenvalue weighted by Crippen LogP contribution is 2.16. The van der Waals surface area contributed by atoms with Crippen LogP contribution in [0.4, 0.5) is 5.82 Å². The van der Waals surface area contributed by atoms with Crippen molar-refractivity contribution in [2.45, 2.75) is 46.2 Å². The Morgan fingerprint density at radius 2 is 2.17 bits per heavy atom. The standard InChI is InChI=1S/C13H22N4O/c1-4-17-12(10(2)9-14-17)15-13(18)11(3)16-7-5-6-8-16/h9,11H,4-8H2,1-3H3,(H,15,18)/t11-/m1/s1. The maximum atomic E-state index is 12.2. The second kappa shape index (κ2) is 5.52. The van der Waals surface area contributed by atoms with Crippen LogP contribution in [0.2, 0.25) is 0 Å². The van der Waals surface area contributed by atoms with Crippen LogP contribution < -0.4 is 5.32 Å². The summed E-state index contributed by atoms with van der Waals surface area (Å²) < 4.78 is 1.82. The monoisotopic (exact) mass is 250 g/mol. The molecular formula is C13H22N4O. The number of nitrogens with one attached hydrogen (secondary N) is 1. The van der Waals surface area contributed by atoms with Crippen LogP contribution in [0, 0.1) is 6.92 Å². The molecule has 0 bridgehead atoms. The fourth-order valence-corrected chi connectivity index (χ4v) is 2.40. The van der Waals surface area contributed by atoms with E-state index in [1.165, 1.54) is 12.8 Å². The highest BCUT2D eigenvalue weighted by atomic mass is 16.2. The summed E-state index contributed by atoms with van der Waals surface area (Å²) in [4.78, 5) is 14.5. The number of anilines is 1. The molecule has 5 heteroatoms. The molecular weight excluding hydrogens is 228 g/mol. The van der Waals surface area contributed by atoms with Crippen molar-refractivity contribution in [2.75, 3.05) is 18.4 Å². The van der Waals surface area contributed by atoms with E-state index in [4.69, 9.17) is 0 Å². The lowest BCUT2D eigenvalue weighted by molar-refractivity contribution is -0.120. The van der Waals surface area contributed by atoms with Gasteiger partial charge in [-0.3, -0.25) is 9.69 Å². The zero-order valence-corrected chi connectivity index (χ0v) is 11.4. The van der Waals surface area contributed by atoms with E-state index >= 15 is 0 Å². The second-order valence-corrected chi connectivity index (χ2v) is 4.90. The van der Waals surface area contributed by atoms with Gasteiger partial charge in [0.25, 0.3) is 0 Å². The number of aryl methyl sites for hydroxylation is 2. The molecule has 100 valence electrons. The van der Waals surface area contributed by atoms with Gasteiger partial charge in [0.2, 0.25) is 5.91 Å². The van der Waals surface area contributed by atoms with Crippen LogP contribution in [0.3, 0.4) is 0 Å². The number of likely N-dealkylation sites (tertiary alicyclic amines) is 1. The number of hydrogen-bond acceptors (Lipinski definition) is 3. The minimum atomic E-state index is -0.0629. The molecule has 1 aliphatic rings. The van der Waals surface area contributed by atoms with Crippen LogP contribution in [-0.2, 0) is 11.3 Å². The average Bonchev–Trinajstić information content (AvgIpc) is 2.99. The van der Waals surface area contributed by atoms with Gasteiger partial charge >= 0.3 is 0 Å². The third-order valence-corrected chi connectivity index (χ3v) is 3.63. The van der Waals surface area contributed by atoms with E-state index in [9.17, 15) is 4.79 Å². The lowest BCUT2D eigenvalue weighted by atomic mass is 10.2. The first-order chi connectivity index (χ1) is 8.63. The van der Waals surface area contributed by atoms with Gasteiger partial charge in [0.1, 0.15) is 5.82 Å². The van der Waals surface area contributed by atoms with Crippen LogP contribution in [0.5, 0.6) is 0 Å². The SMILES string of the molecule is CCn1ncc(C)c1NC(=O)[C@@H](C)N1CCCC1. The molecule has 1 amide bonds. The predicted octanol–water partition coefficient (Wildman–Crippen LogP) is 1.63. The minimum Gasteiger partial charge on any atom is -0.309 e. The molecule has 2 rings (SSSR count). The Bertz CT molecular complexity index is 421. The third-order valence-electron chi connectivity index (χ3n) is 3.63. The van der Waals surface area contributed by atoms with E-state index in [2.05, 4.69) is 15.3 Å². The normalized spacial score (nSPS) is 17.9. The summed E-state index contributed by atoms with van der Waals surface area (Å²) in [6.07, 6.45) is 4.19. The second-order valence-electron chi connectivity index (χ2n) is 4.90. The Morgan fingerprint density at radius 1 is 1.50 bits per heavy atom. The molecule has 0 aromatic carbocycles. The Morgan fingerprint density at radius 3 is 2.78 bits per heavy atom. The number of nitrogens with zero attached hydrogens (tertiary/aromatic N) is 3.